The molecule has 0 unspecified atom stereocenters. The number of aryl methyl sites for hydroxylation is 1. The van der Waals surface area contributed by atoms with E-state index >= 15 is 0 Å². The fraction of sp³-hybridized carbons (Fsp3) is 0.421. The molecule has 144 valence electrons. The molecule has 1 N–H and O–H groups in total. The quantitative estimate of drug-likeness (QED) is 0.886. The second kappa shape index (κ2) is 7.09. The lowest BCUT2D eigenvalue weighted by Gasteiger charge is -2.36. The minimum Gasteiger partial charge on any atom is -0.481 e. The number of aliphatic carboxylic acids is 1. The standard InChI is InChI=1S/C19H21F2N3O3/c1-12-5-3-4-6-14(12)24-15(16(20)21)13(11-22-24)17(25)23-9-7-19(2,8-10-23)18(26)27/h3-6,11,16H,7-10H2,1-2H3,(H,26,27). The maximum Gasteiger partial charge on any atom is 0.309 e. The van der Waals surface area contributed by atoms with Gasteiger partial charge in [-0.3, -0.25) is 9.59 Å². The van der Waals surface area contributed by atoms with Crippen LogP contribution in [0.3, 0.4) is 0 Å². The van der Waals surface area contributed by atoms with Gasteiger partial charge in [-0.1, -0.05) is 18.2 Å². The monoisotopic (exact) mass is 377 g/mol. The normalized spacial score (nSPS) is 16.6. The van der Waals surface area contributed by atoms with Gasteiger partial charge in [0, 0.05) is 13.1 Å². The van der Waals surface area contributed by atoms with Gasteiger partial charge in [0.25, 0.3) is 12.3 Å². The number of carboxylic acids is 1. The predicted octanol–water partition coefficient (Wildman–Crippen LogP) is 3.45. The number of hydrogen-bond donors (Lipinski definition) is 1. The van der Waals surface area contributed by atoms with Crippen LogP contribution >= 0.6 is 0 Å². The molecular weight excluding hydrogens is 356 g/mol. The van der Waals surface area contributed by atoms with Gasteiger partial charge in [0.15, 0.2) is 0 Å². The molecule has 27 heavy (non-hydrogen) atoms. The number of para-hydroxylation sites is 1. The van der Waals surface area contributed by atoms with Gasteiger partial charge in [-0.2, -0.15) is 5.10 Å². The zero-order valence-corrected chi connectivity index (χ0v) is 15.2. The average Bonchev–Trinajstić information content (AvgIpc) is 3.07. The highest BCUT2D eigenvalue weighted by Crippen LogP contribution is 2.33. The second-order valence-corrected chi connectivity index (χ2v) is 7.10. The number of rotatable bonds is 4. The largest absolute Gasteiger partial charge is 0.481 e. The van der Waals surface area contributed by atoms with Crippen molar-refractivity contribution in [1.82, 2.24) is 14.7 Å². The Morgan fingerprint density at radius 2 is 1.85 bits per heavy atom. The van der Waals surface area contributed by atoms with Crippen molar-refractivity contribution in [2.45, 2.75) is 33.1 Å². The first-order valence-electron chi connectivity index (χ1n) is 8.69. The Bertz CT molecular complexity index is 871. The van der Waals surface area contributed by atoms with Crippen LogP contribution in [-0.4, -0.2) is 44.8 Å². The first kappa shape index (κ1) is 19.0. The maximum atomic E-state index is 13.8. The fourth-order valence-corrected chi connectivity index (χ4v) is 3.31. The van der Waals surface area contributed by atoms with Gasteiger partial charge in [0.2, 0.25) is 0 Å². The van der Waals surface area contributed by atoms with Crippen molar-refractivity contribution in [1.29, 1.82) is 0 Å². The summed E-state index contributed by atoms with van der Waals surface area (Å²) in [4.78, 5) is 25.6. The van der Waals surface area contributed by atoms with Crippen molar-refractivity contribution >= 4 is 11.9 Å². The Hall–Kier alpha value is -2.77. The van der Waals surface area contributed by atoms with Crippen molar-refractivity contribution in [3.8, 4) is 5.69 Å². The number of halogens is 2. The zero-order valence-electron chi connectivity index (χ0n) is 15.2. The molecule has 0 saturated carbocycles. The highest BCUT2D eigenvalue weighted by molar-refractivity contribution is 5.95. The van der Waals surface area contributed by atoms with E-state index in [1.165, 1.54) is 11.1 Å². The molecule has 1 amide bonds. The smallest absolute Gasteiger partial charge is 0.309 e. The van der Waals surface area contributed by atoms with Crippen molar-refractivity contribution in [3.63, 3.8) is 0 Å². The molecule has 1 aromatic carbocycles. The van der Waals surface area contributed by atoms with E-state index in [9.17, 15) is 23.5 Å². The summed E-state index contributed by atoms with van der Waals surface area (Å²) < 4.78 is 28.7. The third-order valence-electron chi connectivity index (χ3n) is 5.26. The topological polar surface area (TPSA) is 75.4 Å². The molecule has 6 nitrogen and oxygen atoms in total. The van der Waals surface area contributed by atoms with Gasteiger partial charge in [0.1, 0.15) is 5.69 Å². The van der Waals surface area contributed by atoms with Crippen LogP contribution in [0.4, 0.5) is 8.78 Å². The Morgan fingerprint density at radius 1 is 1.22 bits per heavy atom. The van der Waals surface area contributed by atoms with E-state index in [0.29, 0.717) is 5.69 Å². The molecule has 0 bridgehead atoms. The summed E-state index contributed by atoms with van der Waals surface area (Å²) in [7, 11) is 0. The number of hydrogen-bond acceptors (Lipinski definition) is 3. The van der Waals surface area contributed by atoms with Crippen LogP contribution in [-0.2, 0) is 4.79 Å². The maximum absolute atomic E-state index is 13.8. The van der Waals surface area contributed by atoms with E-state index in [4.69, 9.17) is 0 Å². The molecule has 3 rings (SSSR count). The number of piperidine rings is 1. The highest BCUT2D eigenvalue weighted by atomic mass is 19.3. The Morgan fingerprint density at radius 3 is 2.41 bits per heavy atom. The molecule has 1 aliphatic heterocycles. The van der Waals surface area contributed by atoms with E-state index in [-0.39, 0.29) is 31.5 Å². The van der Waals surface area contributed by atoms with E-state index in [2.05, 4.69) is 5.10 Å². The summed E-state index contributed by atoms with van der Waals surface area (Å²) in [6.45, 7) is 3.84. The number of benzene rings is 1. The van der Waals surface area contributed by atoms with Crippen molar-refractivity contribution < 1.29 is 23.5 Å². The molecule has 1 aromatic heterocycles. The number of carbonyl (C=O) groups is 2. The third-order valence-corrected chi connectivity index (χ3v) is 5.26. The van der Waals surface area contributed by atoms with Crippen molar-refractivity contribution in [3.05, 3.63) is 47.3 Å². The molecule has 0 radical (unpaired) electrons. The minimum atomic E-state index is -2.87. The molecule has 1 aliphatic rings. The fourth-order valence-electron chi connectivity index (χ4n) is 3.31. The van der Waals surface area contributed by atoms with Crippen LogP contribution in [0.1, 0.15) is 47.8 Å². The lowest BCUT2D eigenvalue weighted by Crippen LogP contribution is -2.45. The zero-order chi connectivity index (χ0) is 19.8. The SMILES string of the molecule is Cc1ccccc1-n1ncc(C(=O)N2CCC(C)(C(=O)O)CC2)c1C(F)F. The number of aromatic nitrogens is 2. The first-order valence-corrected chi connectivity index (χ1v) is 8.69. The second-order valence-electron chi connectivity index (χ2n) is 7.10. The summed E-state index contributed by atoms with van der Waals surface area (Å²) >= 11 is 0. The van der Waals surface area contributed by atoms with Gasteiger partial charge in [-0.15, -0.1) is 0 Å². The number of amides is 1. The Kier molecular flexibility index (Phi) is 4.99. The highest BCUT2D eigenvalue weighted by Gasteiger charge is 2.39. The van der Waals surface area contributed by atoms with Crippen LogP contribution in [0.15, 0.2) is 30.5 Å². The summed E-state index contributed by atoms with van der Waals surface area (Å²) in [5.74, 6) is -1.45. The first-order chi connectivity index (χ1) is 12.7. The van der Waals surface area contributed by atoms with Gasteiger partial charge in [-0.05, 0) is 38.3 Å². The molecule has 0 atom stereocenters. The molecule has 2 aromatic rings. The Labute approximate surface area is 155 Å². The van der Waals surface area contributed by atoms with Crippen LogP contribution in [0.25, 0.3) is 5.69 Å². The van der Waals surface area contributed by atoms with Crippen LogP contribution < -0.4 is 0 Å². The van der Waals surface area contributed by atoms with E-state index < -0.39 is 29.4 Å². The number of carbonyl (C=O) groups excluding carboxylic acids is 1. The van der Waals surface area contributed by atoms with E-state index in [1.54, 1.807) is 38.1 Å². The average molecular weight is 377 g/mol. The molecule has 1 saturated heterocycles. The lowest BCUT2D eigenvalue weighted by atomic mass is 9.80. The molecule has 1 fully saturated rings. The van der Waals surface area contributed by atoms with Crippen molar-refractivity contribution in [2.24, 2.45) is 5.41 Å². The number of alkyl halides is 2. The minimum absolute atomic E-state index is 0.146. The Balaban J connectivity index is 1.91. The molecule has 8 heteroatoms. The summed E-state index contributed by atoms with van der Waals surface area (Å²) in [5, 5.41) is 13.3. The molecule has 2 heterocycles. The van der Waals surface area contributed by atoms with Crippen molar-refractivity contribution in [2.75, 3.05) is 13.1 Å². The summed E-state index contributed by atoms with van der Waals surface area (Å²) in [5.41, 5.74) is -0.234. The molecule has 0 aliphatic carbocycles. The van der Waals surface area contributed by atoms with Gasteiger partial charge < -0.3 is 10.0 Å². The number of likely N-dealkylation sites (tertiary alicyclic amines) is 1. The predicted molar refractivity (Wildman–Crippen MR) is 94.1 cm³/mol. The number of nitrogens with zero attached hydrogens (tertiary/aromatic N) is 3. The lowest BCUT2D eigenvalue weighted by molar-refractivity contribution is -0.150. The van der Waals surface area contributed by atoms with Gasteiger partial charge in [0.05, 0.1) is 22.9 Å². The van der Waals surface area contributed by atoms with Gasteiger partial charge in [-0.25, -0.2) is 13.5 Å². The summed E-state index contributed by atoms with van der Waals surface area (Å²) in [6.07, 6.45) is -1.14. The molecular formula is C19H21F2N3O3. The number of carboxylic acid groups (broad SMARTS) is 1. The van der Waals surface area contributed by atoms with E-state index in [0.717, 1.165) is 10.2 Å². The van der Waals surface area contributed by atoms with E-state index in [1.807, 2.05) is 0 Å². The van der Waals surface area contributed by atoms with Crippen LogP contribution in [0.5, 0.6) is 0 Å². The van der Waals surface area contributed by atoms with Crippen LogP contribution in [0.2, 0.25) is 0 Å². The van der Waals surface area contributed by atoms with Crippen LogP contribution in [0, 0.1) is 12.3 Å². The third kappa shape index (κ3) is 3.43. The van der Waals surface area contributed by atoms with Gasteiger partial charge >= 0.3 is 5.97 Å². The summed E-state index contributed by atoms with van der Waals surface area (Å²) in [6, 6.07) is 6.97. The molecule has 0 spiro atoms.